The number of hydrogen-bond acceptors (Lipinski definition) is 3. The molecular weight excluding hydrogens is 340 g/mol. The van der Waals surface area contributed by atoms with Gasteiger partial charge in [-0.1, -0.05) is 72.8 Å². The second-order valence-electron chi connectivity index (χ2n) is 6.17. The molecular formula is C22H20N2O3. The van der Waals surface area contributed by atoms with Crippen LogP contribution in [0, 0.1) is 0 Å². The van der Waals surface area contributed by atoms with Crippen LogP contribution in [0.15, 0.2) is 77.9 Å². The van der Waals surface area contributed by atoms with Crippen molar-refractivity contribution in [3.63, 3.8) is 0 Å². The van der Waals surface area contributed by atoms with Crippen molar-refractivity contribution in [1.29, 1.82) is 0 Å². The molecule has 3 aromatic carbocycles. The minimum Gasteiger partial charge on any atom is -0.481 e. The lowest BCUT2D eigenvalue weighted by Crippen LogP contribution is -2.22. The number of benzene rings is 3. The topological polar surface area (TPSA) is 78.8 Å². The number of amides is 1. The van der Waals surface area contributed by atoms with E-state index in [9.17, 15) is 9.59 Å². The third-order valence-corrected chi connectivity index (χ3v) is 4.23. The van der Waals surface area contributed by atoms with E-state index in [1.54, 1.807) is 0 Å². The zero-order valence-corrected chi connectivity index (χ0v) is 14.8. The lowest BCUT2D eigenvalue weighted by molar-refractivity contribution is -0.136. The average molecular weight is 360 g/mol. The van der Waals surface area contributed by atoms with E-state index in [0.29, 0.717) is 5.71 Å². The van der Waals surface area contributed by atoms with E-state index >= 15 is 0 Å². The molecule has 27 heavy (non-hydrogen) atoms. The van der Waals surface area contributed by atoms with Gasteiger partial charge in [-0.3, -0.25) is 9.59 Å². The highest BCUT2D eigenvalue weighted by Crippen LogP contribution is 2.18. The highest BCUT2D eigenvalue weighted by molar-refractivity contribution is 6.02. The molecule has 0 aromatic heterocycles. The first-order chi connectivity index (χ1) is 13.1. The summed E-state index contributed by atoms with van der Waals surface area (Å²) in [5.74, 6) is -1.14. The average Bonchev–Trinajstić information content (AvgIpc) is 2.69. The Labute approximate surface area is 157 Å². The maximum atomic E-state index is 12.4. The molecule has 5 heteroatoms. The molecule has 2 N–H and O–H groups in total. The number of nitrogens with zero attached hydrogens (tertiary/aromatic N) is 1. The Balaban J connectivity index is 1.75. The monoisotopic (exact) mass is 360 g/mol. The second kappa shape index (κ2) is 8.76. The molecule has 3 rings (SSSR count). The van der Waals surface area contributed by atoms with Crippen LogP contribution >= 0.6 is 0 Å². The Bertz CT molecular complexity index is 976. The van der Waals surface area contributed by atoms with Crippen LogP contribution in [0.2, 0.25) is 0 Å². The summed E-state index contributed by atoms with van der Waals surface area (Å²) < 4.78 is 0. The minimum atomic E-state index is -0.902. The molecule has 0 heterocycles. The highest BCUT2D eigenvalue weighted by atomic mass is 16.4. The number of hydrogen-bond donors (Lipinski definition) is 2. The number of carboxylic acid groups (broad SMARTS) is 1. The third-order valence-electron chi connectivity index (χ3n) is 4.23. The van der Waals surface area contributed by atoms with Crippen LogP contribution in [0.4, 0.5) is 0 Å². The number of rotatable bonds is 7. The van der Waals surface area contributed by atoms with Crippen LogP contribution in [0.5, 0.6) is 0 Å². The summed E-state index contributed by atoms with van der Waals surface area (Å²) in [6.07, 6.45) is 0.396. The van der Waals surface area contributed by atoms with Crippen LogP contribution in [0.25, 0.3) is 10.8 Å². The second-order valence-corrected chi connectivity index (χ2v) is 6.17. The van der Waals surface area contributed by atoms with Crippen LogP contribution in [0.3, 0.4) is 0 Å². The number of carboxylic acids is 1. The number of aliphatic carboxylic acids is 1. The van der Waals surface area contributed by atoms with E-state index < -0.39 is 5.97 Å². The molecule has 1 amide bonds. The lowest BCUT2D eigenvalue weighted by Gasteiger charge is -2.08. The number of fused-ring (bicyclic) bond motifs is 1. The predicted molar refractivity (Wildman–Crippen MR) is 106 cm³/mol. The molecule has 0 saturated carbocycles. The van der Waals surface area contributed by atoms with Gasteiger partial charge in [-0.25, -0.2) is 5.43 Å². The van der Waals surface area contributed by atoms with Crippen LogP contribution in [-0.2, 0) is 16.0 Å². The Morgan fingerprint density at radius 3 is 2.33 bits per heavy atom. The molecule has 0 unspecified atom stereocenters. The van der Waals surface area contributed by atoms with Gasteiger partial charge in [-0.15, -0.1) is 0 Å². The molecule has 0 fully saturated rings. The summed E-state index contributed by atoms with van der Waals surface area (Å²) in [7, 11) is 0. The van der Waals surface area contributed by atoms with Crippen molar-refractivity contribution < 1.29 is 14.7 Å². The Morgan fingerprint density at radius 2 is 1.56 bits per heavy atom. The lowest BCUT2D eigenvalue weighted by atomic mass is 10.0. The summed E-state index contributed by atoms with van der Waals surface area (Å²) in [5, 5.41) is 15.3. The Morgan fingerprint density at radius 1 is 0.852 bits per heavy atom. The molecule has 0 aliphatic heterocycles. The fraction of sp³-hybridized carbons (Fsp3) is 0.136. The van der Waals surface area contributed by atoms with Crippen molar-refractivity contribution in [3.05, 3.63) is 83.9 Å². The number of nitrogens with one attached hydrogen (secondary N) is 1. The molecule has 5 nitrogen and oxygen atoms in total. The summed E-state index contributed by atoms with van der Waals surface area (Å²) in [6, 6.07) is 23.0. The van der Waals surface area contributed by atoms with E-state index in [1.807, 2.05) is 72.8 Å². The largest absolute Gasteiger partial charge is 0.481 e. The zero-order valence-electron chi connectivity index (χ0n) is 14.8. The van der Waals surface area contributed by atoms with E-state index in [0.717, 1.165) is 21.9 Å². The number of carbonyl (C=O) groups excluding carboxylic acids is 1. The minimum absolute atomic E-state index is 0.0487. The van der Waals surface area contributed by atoms with Crippen molar-refractivity contribution in [3.8, 4) is 0 Å². The summed E-state index contributed by atoms with van der Waals surface area (Å²) in [5.41, 5.74) is 4.84. The van der Waals surface area contributed by atoms with Gasteiger partial charge in [-0.05, 0) is 21.9 Å². The van der Waals surface area contributed by atoms with E-state index in [1.165, 1.54) is 0 Å². The fourth-order valence-electron chi connectivity index (χ4n) is 2.91. The standard InChI is InChI=1S/C22H20N2O3/c25-21(15-18-11-6-10-16-7-4-5-12-19(16)18)24-23-20(13-14-22(26)27)17-8-2-1-3-9-17/h1-12H,13-15H2,(H,24,25)(H,26,27). The van der Waals surface area contributed by atoms with Crippen molar-refractivity contribution in [2.45, 2.75) is 19.3 Å². The first-order valence-corrected chi connectivity index (χ1v) is 8.73. The molecule has 0 bridgehead atoms. The Hall–Kier alpha value is -3.47. The van der Waals surface area contributed by atoms with Gasteiger partial charge in [0.1, 0.15) is 0 Å². The van der Waals surface area contributed by atoms with Gasteiger partial charge >= 0.3 is 5.97 Å². The number of carbonyl (C=O) groups is 2. The maximum Gasteiger partial charge on any atom is 0.303 e. The summed E-state index contributed by atoms with van der Waals surface area (Å²) >= 11 is 0. The van der Waals surface area contributed by atoms with Gasteiger partial charge < -0.3 is 5.11 Å². The van der Waals surface area contributed by atoms with Crippen LogP contribution in [-0.4, -0.2) is 22.7 Å². The molecule has 3 aromatic rings. The quantitative estimate of drug-likeness (QED) is 0.497. The molecule has 0 atom stereocenters. The zero-order chi connectivity index (χ0) is 19.1. The molecule has 136 valence electrons. The summed E-state index contributed by atoms with van der Waals surface area (Å²) in [6.45, 7) is 0. The van der Waals surface area contributed by atoms with Gasteiger partial charge in [-0.2, -0.15) is 5.10 Å². The molecule has 0 spiro atoms. The van der Waals surface area contributed by atoms with E-state index in [2.05, 4.69) is 10.5 Å². The molecule has 0 aliphatic carbocycles. The Kier molecular flexibility index (Phi) is 5.94. The molecule has 0 radical (unpaired) electrons. The van der Waals surface area contributed by atoms with Crippen LogP contribution < -0.4 is 5.43 Å². The van der Waals surface area contributed by atoms with Crippen molar-refractivity contribution in [1.82, 2.24) is 5.43 Å². The molecule has 0 aliphatic rings. The van der Waals surface area contributed by atoms with Gasteiger partial charge in [0.05, 0.1) is 18.6 Å². The maximum absolute atomic E-state index is 12.4. The first kappa shape index (κ1) is 18.3. The van der Waals surface area contributed by atoms with Crippen molar-refractivity contribution >= 4 is 28.4 Å². The van der Waals surface area contributed by atoms with Gasteiger partial charge in [0.2, 0.25) is 5.91 Å². The van der Waals surface area contributed by atoms with E-state index in [4.69, 9.17) is 5.11 Å². The first-order valence-electron chi connectivity index (χ1n) is 8.73. The highest BCUT2D eigenvalue weighted by Gasteiger charge is 2.09. The predicted octanol–water partition coefficient (Wildman–Crippen LogP) is 3.77. The van der Waals surface area contributed by atoms with Gasteiger partial charge in [0, 0.05) is 6.42 Å². The SMILES string of the molecule is O=C(O)CCC(=NNC(=O)Cc1cccc2ccccc12)c1ccccc1. The summed E-state index contributed by atoms with van der Waals surface area (Å²) in [4.78, 5) is 23.3. The van der Waals surface area contributed by atoms with E-state index in [-0.39, 0.29) is 25.2 Å². The third kappa shape index (κ3) is 5.01. The van der Waals surface area contributed by atoms with Gasteiger partial charge in [0.15, 0.2) is 0 Å². The van der Waals surface area contributed by atoms with Crippen LogP contribution in [0.1, 0.15) is 24.0 Å². The van der Waals surface area contributed by atoms with Crippen molar-refractivity contribution in [2.75, 3.05) is 0 Å². The molecule has 0 saturated heterocycles. The normalized spacial score (nSPS) is 11.3. The van der Waals surface area contributed by atoms with Crippen molar-refractivity contribution in [2.24, 2.45) is 5.10 Å². The fourth-order valence-corrected chi connectivity index (χ4v) is 2.91. The smallest absolute Gasteiger partial charge is 0.303 e. The number of hydrazone groups is 1. The van der Waals surface area contributed by atoms with Gasteiger partial charge in [0.25, 0.3) is 0 Å².